The van der Waals surface area contributed by atoms with Crippen molar-refractivity contribution in [2.75, 3.05) is 6.54 Å². The lowest BCUT2D eigenvalue weighted by Gasteiger charge is -2.26. The van der Waals surface area contributed by atoms with Gasteiger partial charge < -0.3 is 9.40 Å². The van der Waals surface area contributed by atoms with Crippen molar-refractivity contribution in [3.8, 4) is 11.6 Å². The van der Waals surface area contributed by atoms with Crippen molar-refractivity contribution < 1.29 is 4.42 Å². The number of nitrogens with zero attached hydrogens (tertiary/aromatic N) is 4. The molecule has 3 aromatic rings. The van der Waals surface area contributed by atoms with Gasteiger partial charge in [0.25, 0.3) is 5.56 Å². The van der Waals surface area contributed by atoms with Crippen LogP contribution in [0.3, 0.4) is 0 Å². The van der Waals surface area contributed by atoms with E-state index in [0.717, 1.165) is 17.9 Å². The lowest BCUT2D eigenvalue weighted by molar-refractivity contribution is 0.238. The molecule has 0 saturated heterocycles. The van der Waals surface area contributed by atoms with E-state index >= 15 is 0 Å². The molecule has 0 aliphatic carbocycles. The van der Waals surface area contributed by atoms with Crippen LogP contribution in [-0.2, 0) is 26.6 Å². The van der Waals surface area contributed by atoms with Crippen LogP contribution in [0.2, 0.25) is 5.02 Å². The molecular weight excluding hydrogens is 330 g/mol. The molecule has 1 N–H and O–H groups in total. The van der Waals surface area contributed by atoms with E-state index in [9.17, 15) is 4.79 Å². The maximum Gasteiger partial charge on any atom is 0.256 e. The van der Waals surface area contributed by atoms with Crippen LogP contribution in [0.1, 0.15) is 17.0 Å². The third kappa shape index (κ3) is 2.76. The molecule has 24 heavy (non-hydrogen) atoms. The molecule has 1 aliphatic heterocycles. The monoisotopic (exact) mass is 345 g/mol. The number of hydrogen-bond acceptors (Lipinski definition) is 5. The average molecular weight is 346 g/mol. The number of H-pyrrole nitrogens is 1. The van der Waals surface area contributed by atoms with E-state index in [0.29, 0.717) is 41.7 Å². The number of nitrogens with one attached hydrogen (secondary N) is 1. The predicted molar refractivity (Wildman–Crippen MR) is 88.6 cm³/mol. The molecule has 0 atom stereocenters. The summed E-state index contributed by atoms with van der Waals surface area (Å²) in [6.45, 7) is 1.94. The summed E-state index contributed by atoms with van der Waals surface area (Å²) in [7, 11) is 1.84. The summed E-state index contributed by atoms with van der Waals surface area (Å²) < 4.78 is 7.01. The summed E-state index contributed by atoms with van der Waals surface area (Å²) in [6, 6.07) is 3.55. The highest BCUT2D eigenvalue weighted by atomic mass is 35.5. The van der Waals surface area contributed by atoms with Crippen molar-refractivity contribution in [3.63, 3.8) is 0 Å². The van der Waals surface area contributed by atoms with Gasteiger partial charge in [-0.15, -0.1) is 0 Å². The Morgan fingerprint density at radius 3 is 3.04 bits per heavy atom. The van der Waals surface area contributed by atoms with Gasteiger partial charge >= 0.3 is 0 Å². The third-order valence-electron chi connectivity index (χ3n) is 4.13. The highest BCUT2D eigenvalue weighted by Gasteiger charge is 2.23. The van der Waals surface area contributed by atoms with Gasteiger partial charge in [0.05, 0.1) is 28.2 Å². The zero-order valence-electron chi connectivity index (χ0n) is 13.1. The molecule has 4 heterocycles. The van der Waals surface area contributed by atoms with Crippen LogP contribution < -0.4 is 5.56 Å². The highest BCUT2D eigenvalue weighted by Crippen LogP contribution is 2.21. The molecule has 3 aromatic heterocycles. The first kappa shape index (κ1) is 15.2. The number of halogens is 1. The van der Waals surface area contributed by atoms with Crippen molar-refractivity contribution in [2.45, 2.75) is 19.5 Å². The van der Waals surface area contributed by atoms with E-state index in [1.807, 2.05) is 7.05 Å². The van der Waals surface area contributed by atoms with Gasteiger partial charge in [-0.1, -0.05) is 11.6 Å². The Balaban J connectivity index is 1.59. The number of aromatic nitrogens is 4. The molecular formula is C16H16ClN5O2. The van der Waals surface area contributed by atoms with Crippen molar-refractivity contribution in [3.05, 3.63) is 56.9 Å². The Kier molecular flexibility index (Phi) is 3.74. The normalized spacial score (nSPS) is 14.8. The summed E-state index contributed by atoms with van der Waals surface area (Å²) in [5, 5.41) is 5.00. The van der Waals surface area contributed by atoms with Crippen molar-refractivity contribution in [1.82, 2.24) is 24.6 Å². The van der Waals surface area contributed by atoms with Gasteiger partial charge in [-0.25, -0.2) is 4.98 Å². The number of hydrogen-bond donors (Lipinski definition) is 1. The van der Waals surface area contributed by atoms with Crippen LogP contribution in [0, 0.1) is 0 Å². The largest absolute Gasteiger partial charge is 0.461 e. The van der Waals surface area contributed by atoms with E-state index in [1.54, 1.807) is 29.3 Å². The van der Waals surface area contributed by atoms with Gasteiger partial charge in [0.2, 0.25) is 0 Å². The molecule has 0 aromatic carbocycles. The number of aromatic amines is 1. The Morgan fingerprint density at radius 2 is 2.33 bits per heavy atom. The van der Waals surface area contributed by atoms with Crippen molar-refractivity contribution >= 4 is 11.6 Å². The summed E-state index contributed by atoms with van der Waals surface area (Å²) in [5.74, 6) is 1.04. The van der Waals surface area contributed by atoms with E-state index < -0.39 is 0 Å². The Morgan fingerprint density at radius 1 is 1.46 bits per heavy atom. The molecule has 0 amide bonds. The fourth-order valence-electron chi connectivity index (χ4n) is 2.97. The summed E-state index contributed by atoms with van der Waals surface area (Å²) in [6.07, 6.45) is 4.04. The lowest BCUT2D eigenvalue weighted by Crippen LogP contribution is -2.35. The molecule has 0 saturated carbocycles. The minimum Gasteiger partial charge on any atom is -0.461 e. The first-order chi connectivity index (χ1) is 11.6. The van der Waals surface area contributed by atoms with Gasteiger partial charge in [-0.05, 0) is 12.1 Å². The molecule has 8 heteroatoms. The van der Waals surface area contributed by atoms with Gasteiger partial charge in [0.15, 0.2) is 11.6 Å². The number of fused-ring (bicyclic) bond motifs is 1. The Labute approximate surface area is 142 Å². The first-order valence-electron chi connectivity index (χ1n) is 7.66. The molecule has 0 unspecified atom stereocenters. The number of furan rings is 1. The van der Waals surface area contributed by atoms with Crippen molar-refractivity contribution in [1.29, 1.82) is 0 Å². The van der Waals surface area contributed by atoms with Crippen LogP contribution in [0.15, 0.2) is 33.8 Å². The first-order valence-corrected chi connectivity index (χ1v) is 8.04. The molecule has 0 fully saturated rings. The number of rotatable bonds is 3. The molecule has 0 radical (unpaired) electrons. The SMILES string of the molecule is Cn1cc(Cl)c(CN2CCc3nc(-c4ccco4)[nH]c(=O)c3C2)n1. The smallest absolute Gasteiger partial charge is 0.256 e. The molecule has 7 nitrogen and oxygen atoms in total. The summed E-state index contributed by atoms with van der Waals surface area (Å²) >= 11 is 6.17. The second-order valence-corrected chi connectivity index (χ2v) is 6.28. The zero-order valence-corrected chi connectivity index (χ0v) is 13.9. The summed E-state index contributed by atoms with van der Waals surface area (Å²) in [4.78, 5) is 22.0. The van der Waals surface area contributed by atoms with E-state index in [1.165, 1.54) is 0 Å². The average Bonchev–Trinajstić information content (AvgIpc) is 3.18. The minimum atomic E-state index is -0.122. The molecule has 124 valence electrons. The standard InChI is InChI=1S/C16H16ClN5O2/c1-21-8-11(17)13(20-21)9-22-5-4-12-10(7-22)16(23)19-15(18-12)14-3-2-6-24-14/h2-3,6,8H,4-5,7,9H2,1H3,(H,18,19,23). The van der Waals surface area contributed by atoms with Crippen LogP contribution in [-0.4, -0.2) is 31.2 Å². The number of aryl methyl sites for hydroxylation is 1. The second kappa shape index (κ2) is 5.92. The molecule has 1 aliphatic rings. The van der Waals surface area contributed by atoms with Crippen molar-refractivity contribution in [2.24, 2.45) is 7.05 Å². The third-order valence-corrected chi connectivity index (χ3v) is 4.45. The van der Waals surface area contributed by atoms with Crippen LogP contribution in [0.25, 0.3) is 11.6 Å². The molecule has 4 rings (SSSR count). The van der Waals surface area contributed by atoms with E-state index in [4.69, 9.17) is 16.0 Å². The van der Waals surface area contributed by atoms with Crippen LogP contribution >= 0.6 is 11.6 Å². The van der Waals surface area contributed by atoms with Gasteiger partial charge in [-0.3, -0.25) is 14.4 Å². The van der Waals surface area contributed by atoms with Crippen LogP contribution in [0.5, 0.6) is 0 Å². The Bertz CT molecular complexity index is 929. The topological polar surface area (TPSA) is 80.0 Å². The van der Waals surface area contributed by atoms with Gasteiger partial charge in [0, 0.05) is 39.3 Å². The lowest BCUT2D eigenvalue weighted by atomic mass is 10.1. The quantitative estimate of drug-likeness (QED) is 0.785. The fraction of sp³-hybridized carbons (Fsp3) is 0.312. The zero-order chi connectivity index (χ0) is 16.7. The maximum atomic E-state index is 12.4. The van der Waals surface area contributed by atoms with Gasteiger partial charge in [-0.2, -0.15) is 5.10 Å². The minimum absolute atomic E-state index is 0.122. The fourth-order valence-corrected chi connectivity index (χ4v) is 3.21. The maximum absolute atomic E-state index is 12.4. The molecule has 0 bridgehead atoms. The van der Waals surface area contributed by atoms with Crippen LogP contribution in [0.4, 0.5) is 0 Å². The van der Waals surface area contributed by atoms with E-state index in [2.05, 4.69) is 20.0 Å². The molecule has 0 spiro atoms. The highest BCUT2D eigenvalue weighted by molar-refractivity contribution is 6.31. The van der Waals surface area contributed by atoms with Gasteiger partial charge in [0.1, 0.15) is 0 Å². The second-order valence-electron chi connectivity index (χ2n) is 5.88. The predicted octanol–water partition coefficient (Wildman–Crippen LogP) is 1.98. The Hall–Kier alpha value is -2.38. The summed E-state index contributed by atoms with van der Waals surface area (Å²) in [5.41, 5.74) is 2.22. The van der Waals surface area contributed by atoms with E-state index in [-0.39, 0.29) is 5.56 Å².